The minimum absolute atomic E-state index is 0.646. The predicted octanol–water partition coefficient (Wildman–Crippen LogP) is 1.12. The van der Waals surface area contributed by atoms with Crippen LogP contribution in [-0.2, 0) is 6.54 Å². The molecule has 0 fully saturated rings. The average Bonchev–Trinajstić information content (AvgIpc) is 2.73. The minimum Gasteiger partial charge on any atom is -0.396 e. The lowest BCUT2D eigenvalue weighted by atomic mass is 10.3. The molecule has 2 aromatic heterocycles. The molecule has 74 valence electrons. The Bertz CT molecular complexity index is 430. The van der Waals surface area contributed by atoms with E-state index in [1.807, 2.05) is 18.5 Å². The summed E-state index contributed by atoms with van der Waals surface area (Å²) in [5.74, 6) is 0. The molecule has 2 N–H and O–H groups in total. The molecule has 0 amide bonds. The van der Waals surface area contributed by atoms with Gasteiger partial charge in [-0.05, 0) is 13.8 Å². The lowest BCUT2D eigenvalue weighted by molar-refractivity contribution is 0.418. The first-order valence-electron chi connectivity index (χ1n) is 4.36. The molecule has 5 nitrogen and oxygen atoms in total. The van der Waals surface area contributed by atoms with E-state index in [2.05, 4.69) is 10.3 Å². The first-order valence-corrected chi connectivity index (χ1v) is 4.36. The molecule has 2 heterocycles. The van der Waals surface area contributed by atoms with Crippen LogP contribution >= 0.6 is 0 Å². The Balaban J connectivity index is 2.30. The third kappa shape index (κ3) is 1.37. The Morgan fingerprint density at radius 1 is 1.50 bits per heavy atom. The molecule has 2 rings (SSSR count). The molecule has 2 aromatic rings. The molecule has 0 saturated heterocycles. The van der Waals surface area contributed by atoms with Gasteiger partial charge in [0.05, 0.1) is 29.8 Å². The molecular formula is C9H12N4O. The van der Waals surface area contributed by atoms with Gasteiger partial charge >= 0.3 is 0 Å². The molecule has 5 heteroatoms. The maximum Gasteiger partial charge on any atom is 0.128 e. The number of nitrogens with two attached hydrogens (primary N) is 1. The summed E-state index contributed by atoms with van der Waals surface area (Å²) in [7, 11) is 0. The van der Waals surface area contributed by atoms with Crippen molar-refractivity contribution >= 4 is 5.69 Å². The molecule has 0 spiro atoms. The summed E-state index contributed by atoms with van der Waals surface area (Å²) in [5.41, 5.74) is 9.38. The van der Waals surface area contributed by atoms with Crippen LogP contribution in [0, 0.1) is 13.8 Å². The standard InChI is InChI=1S/C9H12N4O/c1-6-9(10)7(2)13(12-6)4-8-3-11-14-5-8/h3,5H,4,10H2,1-2H3. The highest BCUT2D eigenvalue weighted by molar-refractivity contribution is 5.46. The lowest BCUT2D eigenvalue weighted by Gasteiger charge is -2.00. The largest absolute Gasteiger partial charge is 0.396 e. The minimum atomic E-state index is 0.646. The van der Waals surface area contributed by atoms with Gasteiger partial charge in [-0.1, -0.05) is 5.16 Å². The van der Waals surface area contributed by atoms with Crippen molar-refractivity contribution in [3.8, 4) is 0 Å². The highest BCUT2D eigenvalue weighted by atomic mass is 16.5. The number of aryl methyl sites for hydroxylation is 1. The van der Waals surface area contributed by atoms with Crippen molar-refractivity contribution < 1.29 is 4.52 Å². The number of aromatic nitrogens is 3. The zero-order chi connectivity index (χ0) is 10.1. The molecular weight excluding hydrogens is 180 g/mol. The lowest BCUT2D eigenvalue weighted by Crippen LogP contribution is -2.03. The fourth-order valence-corrected chi connectivity index (χ4v) is 1.34. The molecule has 0 radical (unpaired) electrons. The van der Waals surface area contributed by atoms with Crippen LogP contribution in [0.2, 0.25) is 0 Å². The van der Waals surface area contributed by atoms with Gasteiger partial charge in [-0.15, -0.1) is 0 Å². The van der Waals surface area contributed by atoms with Gasteiger partial charge in [0.25, 0.3) is 0 Å². The van der Waals surface area contributed by atoms with Crippen LogP contribution in [0.5, 0.6) is 0 Å². The number of hydrogen-bond acceptors (Lipinski definition) is 4. The molecule has 0 aliphatic rings. The smallest absolute Gasteiger partial charge is 0.128 e. The summed E-state index contributed by atoms with van der Waals surface area (Å²) in [5, 5.41) is 7.94. The molecule has 0 bridgehead atoms. The molecule has 0 aromatic carbocycles. The van der Waals surface area contributed by atoms with E-state index in [0.717, 1.165) is 22.6 Å². The van der Waals surface area contributed by atoms with E-state index in [-0.39, 0.29) is 0 Å². The van der Waals surface area contributed by atoms with E-state index in [9.17, 15) is 0 Å². The number of nitrogen functional groups attached to an aromatic ring is 1. The third-order valence-corrected chi connectivity index (χ3v) is 2.25. The first-order chi connectivity index (χ1) is 6.68. The van der Waals surface area contributed by atoms with Gasteiger partial charge < -0.3 is 10.3 Å². The number of anilines is 1. The molecule has 14 heavy (non-hydrogen) atoms. The van der Waals surface area contributed by atoms with Crippen LogP contribution in [0.15, 0.2) is 17.0 Å². The third-order valence-electron chi connectivity index (χ3n) is 2.25. The zero-order valence-electron chi connectivity index (χ0n) is 8.19. The van der Waals surface area contributed by atoms with Gasteiger partial charge in [-0.25, -0.2) is 0 Å². The Hall–Kier alpha value is -1.78. The second-order valence-electron chi connectivity index (χ2n) is 3.27. The van der Waals surface area contributed by atoms with E-state index in [1.165, 1.54) is 0 Å². The molecule has 0 aliphatic heterocycles. The summed E-state index contributed by atoms with van der Waals surface area (Å²) in [6.45, 7) is 4.49. The maximum absolute atomic E-state index is 5.81. The normalized spacial score (nSPS) is 10.7. The molecule has 0 aliphatic carbocycles. The van der Waals surface area contributed by atoms with Crippen molar-refractivity contribution in [2.24, 2.45) is 0 Å². The fraction of sp³-hybridized carbons (Fsp3) is 0.333. The highest BCUT2D eigenvalue weighted by Gasteiger charge is 2.08. The summed E-state index contributed by atoms with van der Waals surface area (Å²) >= 11 is 0. The van der Waals surface area contributed by atoms with Crippen LogP contribution in [0.25, 0.3) is 0 Å². The molecule has 0 atom stereocenters. The number of rotatable bonds is 2. The van der Waals surface area contributed by atoms with Crippen LogP contribution in [0.4, 0.5) is 5.69 Å². The van der Waals surface area contributed by atoms with E-state index < -0.39 is 0 Å². The topological polar surface area (TPSA) is 69.9 Å². The summed E-state index contributed by atoms with van der Waals surface area (Å²) in [6, 6.07) is 0. The van der Waals surface area contributed by atoms with Crippen LogP contribution in [0.3, 0.4) is 0 Å². The Morgan fingerprint density at radius 2 is 2.29 bits per heavy atom. The van der Waals surface area contributed by atoms with Crippen molar-refractivity contribution in [3.05, 3.63) is 29.4 Å². The Labute approximate surface area is 81.5 Å². The van der Waals surface area contributed by atoms with Gasteiger partial charge in [0.2, 0.25) is 0 Å². The summed E-state index contributed by atoms with van der Waals surface area (Å²) in [4.78, 5) is 0. The first kappa shape index (κ1) is 8.80. The summed E-state index contributed by atoms with van der Waals surface area (Å²) < 4.78 is 6.59. The zero-order valence-corrected chi connectivity index (χ0v) is 8.19. The number of nitrogens with zero attached hydrogens (tertiary/aromatic N) is 3. The van der Waals surface area contributed by atoms with Crippen molar-refractivity contribution in [1.29, 1.82) is 0 Å². The van der Waals surface area contributed by atoms with Gasteiger partial charge in [-0.3, -0.25) is 4.68 Å². The predicted molar refractivity (Wildman–Crippen MR) is 51.7 cm³/mol. The second kappa shape index (κ2) is 3.17. The summed E-state index contributed by atoms with van der Waals surface area (Å²) in [6.07, 6.45) is 3.28. The molecule has 0 unspecified atom stereocenters. The van der Waals surface area contributed by atoms with E-state index in [4.69, 9.17) is 10.3 Å². The van der Waals surface area contributed by atoms with Crippen molar-refractivity contribution in [1.82, 2.24) is 14.9 Å². The van der Waals surface area contributed by atoms with E-state index in [0.29, 0.717) is 6.54 Å². The average molecular weight is 192 g/mol. The number of hydrogen-bond donors (Lipinski definition) is 1. The quantitative estimate of drug-likeness (QED) is 0.774. The Kier molecular flexibility index (Phi) is 1.99. The SMILES string of the molecule is Cc1nn(Cc2cnoc2)c(C)c1N. The van der Waals surface area contributed by atoms with Gasteiger partial charge in [0.15, 0.2) is 0 Å². The van der Waals surface area contributed by atoms with Gasteiger partial charge in [-0.2, -0.15) is 5.10 Å². The maximum atomic E-state index is 5.81. The van der Waals surface area contributed by atoms with E-state index in [1.54, 1.807) is 12.5 Å². The second-order valence-corrected chi connectivity index (χ2v) is 3.27. The van der Waals surface area contributed by atoms with Crippen molar-refractivity contribution in [2.75, 3.05) is 5.73 Å². The van der Waals surface area contributed by atoms with Crippen LogP contribution in [-0.4, -0.2) is 14.9 Å². The van der Waals surface area contributed by atoms with Gasteiger partial charge in [0.1, 0.15) is 6.26 Å². The van der Waals surface area contributed by atoms with Crippen LogP contribution in [0.1, 0.15) is 17.0 Å². The van der Waals surface area contributed by atoms with Crippen molar-refractivity contribution in [3.63, 3.8) is 0 Å². The van der Waals surface area contributed by atoms with E-state index >= 15 is 0 Å². The molecule has 0 saturated carbocycles. The van der Waals surface area contributed by atoms with Gasteiger partial charge in [0, 0.05) is 5.56 Å². The van der Waals surface area contributed by atoms with Crippen LogP contribution < -0.4 is 5.73 Å². The highest BCUT2D eigenvalue weighted by Crippen LogP contribution is 2.15. The Morgan fingerprint density at radius 3 is 2.79 bits per heavy atom. The monoisotopic (exact) mass is 192 g/mol. The van der Waals surface area contributed by atoms with Crippen molar-refractivity contribution in [2.45, 2.75) is 20.4 Å². The fourth-order valence-electron chi connectivity index (χ4n) is 1.34.